The molecule has 0 atom stereocenters. The van der Waals surface area contributed by atoms with Crippen LogP contribution in [0.3, 0.4) is 0 Å². The van der Waals surface area contributed by atoms with Crippen LogP contribution in [-0.2, 0) is 0 Å². The lowest BCUT2D eigenvalue weighted by molar-refractivity contribution is 0.387. The molecule has 0 fully saturated rings. The van der Waals surface area contributed by atoms with Gasteiger partial charge < -0.3 is 4.74 Å². The van der Waals surface area contributed by atoms with Gasteiger partial charge in [0, 0.05) is 6.07 Å². The van der Waals surface area contributed by atoms with Gasteiger partial charge in [-0.2, -0.15) is 0 Å². The number of fused-ring (bicyclic) bond motifs is 1. The summed E-state index contributed by atoms with van der Waals surface area (Å²) in [6.07, 6.45) is 0. The second kappa shape index (κ2) is 5.07. The molecule has 0 aliphatic carbocycles. The Morgan fingerprint density at radius 3 is 2.60 bits per heavy atom. The quantitative estimate of drug-likeness (QED) is 0.739. The first-order chi connectivity index (χ1) is 7.20. The molecule has 2 aromatic rings. The third kappa shape index (κ3) is 2.45. The van der Waals surface area contributed by atoms with Gasteiger partial charge in [0.1, 0.15) is 0 Å². The number of aromatic nitrogens is 1. The van der Waals surface area contributed by atoms with Crippen molar-refractivity contribution in [3.8, 4) is 5.75 Å². The van der Waals surface area contributed by atoms with Crippen LogP contribution in [0.1, 0.15) is 18.9 Å². The number of methoxy groups -OCH3 is 1. The largest absolute Gasteiger partial charge is 0.494 e. The van der Waals surface area contributed by atoms with E-state index in [9.17, 15) is 4.39 Å². The van der Waals surface area contributed by atoms with Crippen LogP contribution >= 0.6 is 11.3 Å². The zero-order valence-corrected chi connectivity index (χ0v) is 10.1. The number of nitrogens with zero attached hydrogens (tertiary/aromatic N) is 1. The van der Waals surface area contributed by atoms with Crippen LogP contribution < -0.4 is 4.74 Å². The van der Waals surface area contributed by atoms with Crippen molar-refractivity contribution in [2.75, 3.05) is 7.11 Å². The third-order valence-electron chi connectivity index (χ3n) is 1.77. The van der Waals surface area contributed by atoms with E-state index in [4.69, 9.17) is 4.74 Å². The monoisotopic (exact) mass is 227 g/mol. The number of aryl methyl sites for hydroxylation is 1. The van der Waals surface area contributed by atoms with Crippen molar-refractivity contribution in [1.29, 1.82) is 0 Å². The number of hydrogen-bond donors (Lipinski definition) is 0. The van der Waals surface area contributed by atoms with Crippen LogP contribution in [0.5, 0.6) is 5.75 Å². The summed E-state index contributed by atoms with van der Waals surface area (Å²) >= 11 is 1.48. The highest BCUT2D eigenvalue weighted by Crippen LogP contribution is 2.28. The van der Waals surface area contributed by atoms with Gasteiger partial charge in [-0.1, -0.05) is 13.8 Å². The van der Waals surface area contributed by atoms with E-state index in [0.717, 1.165) is 15.2 Å². The minimum atomic E-state index is -0.335. The second-order valence-corrected chi connectivity index (χ2v) is 3.92. The van der Waals surface area contributed by atoms with Gasteiger partial charge >= 0.3 is 0 Å². The molecule has 2 nitrogen and oxygen atoms in total. The van der Waals surface area contributed by atoms with Crippen molar-refractivity contribution in [2.24, 2.45) is 0 Å². The molecule has 0 aliphatic heterocycles. The molecular formula is C11H14FNOS. The zero-order chi connectivity index (χ0) is 11.4. The minimum absolute atomic E-state index is 0.248. The SMILES string of the molecule is CC.COc1cc2nc(C)sc2cc1F. The predicted octanol–water partition coefficient (Wildman–Crippen LogP) is 3.78. The lowest BCUT2D eigenvalue weighted by Crippen LogP contribution is -1.86. The van der Waals surface area contributed by atoms with Gasteiger partial charge in [0.2, 0.25) is 0 Å². The summed E-state index contributed by atoms with van der Waals surface area (Å²) in [5.74, 6) is -0.0866. The molecule has 0 radical (unpaired) electrons. The van der Waals surface area contributed by atoms with Gasteiger partial charge in [-0.25, -0.2) is 9.37 Å². The smallest absolute Gasteiger partial charge is 0.166 e. The summed E-state index contributed by atoms with van der Waals surface area (Å²) < 4.78 is 18.9. The fourth-order valence-electron chi connectivity index (χ4n) is 1.20. The maximum Gasteiger partial charge on any atom is 0.166 e. The summed E-state index contributed by atoms with van der Waals surface area (Å²) in [5, 5.41) is 0.933. The van der Waals surface area contributed by atoms with Crippen molar-refractivity contribution >= 4 is 21.6 Å². The first-order valence-corrected chi connectivity index (χ1v) is 5.63. The summed E-state index contributed by atoms with van der Waals surface area (Å²) in [5.41, 5.74) is 0.792. The molecule has 0 amide bonds. The van der Waals surface area contributed by atoms with Crippen LogP contribution in [-0.4, -0.2) is 12.1 Å². The Kier molecular flexibility index (Phi) is 4.03. The Morgan fingerprint density at radius 1 is 1.33 bits per heavy atom. The lowest BCUT2D eigenvalue weighted by atomic mass is 10.3. The Bertz CT molecular complexity index is 453. The van der Waals surface area contributed by atoms with Crippen molar-refractivity contribution in [2.45, 2.75) is 20.8 Å². The third-order valence-corrected chi connectivity index (χ3v) is 2.70. The average molecular weight is 227 g/mol. The molecule has 1 heterocycles. The van der Waals surface area contributed by atoms with E-state index in [-0.39, 0.29) is 11.6 Å². The highest BCUT2D eigenvalue weighted by Gasteiger charge is 2.07. The van der Waals surface area contributed by atoms with E-state index in [1.54, 1.807) is 6.07 Å². The van der Waals surface area contributed by atoms with Crippen LogP contribution in [0, 0.1) is 12.7 Å². The number of thiazole rings is 1. The van der Waals surface area contributed by atoms with E-state index in [2.05, 4.69) is 4.98 Å². The van der Waals surface area contributed by atoms with E-state index >= 15 is 0 Å². The lowest BCUT2D eigenvalue weighted by Gasteiger charge is -1.99. The van der Waals surface area contributed by atoms with E-state index in [1.165, 1.54) is 24.5 Å². The molecule has 0 N–H and O–H groups in total. The van der Waals surface area contributed by atoms with Crippen LogP contribution in [0.25, 0.3) is 10.2 Å². The summed E-state index contributed by atoms with van der Waals surface area (Å²) in [4.78, 5) is 4.23. The fraction of sp³-hybridized carbons (Fsp3) is 0.364. The fourth-order valence-corrected chi connectivity index (χ4v) is 2.04. The summed E-state index contributed by atoms with van der Waals surface area (Å²) in [6, 6.07) is 3.08. The van der Waals surface area contributed by atoms with Gasteiger partial charge in [-0.15, -0.1) is 11.3 Å². The van der Waals surface area contributed by atoms with E-state index in [1.807, 2.05) is 20.8 Å². The number of halogens is 1. The van der Waals surface area contributed by atoms with Crippen molar-refractivity contribution < 1.29 is 9.13 Å². The molecule has 15 heavy (non-hydrogen) atoms. The minimum Gasteiger partial charge on any atom is -0.494 e. The van der Waals surface area contributed by atoms with Crippen molar-refractivity contribution in [3.05, 3.63) is 23.0 Å². The maximum atomic E-state index is 13.2. The van der Waals surface area contributed by atoms with Crippen LogP contribution in [0.15, 0.2) is 12.1 Å². The molecule has 0 saturated carbocycles. The molecule has 2 rings (SSSR count). The topological polar surface area (TPSA) is 22.1 Å². The second-order valence-electron chi connectivity index (χ2n) is 2.69. The number of ether oxygens (including phenoxy) is 1. The normalized spacial score (nSPS) is 9.67. The first-order valence-electron chi connectivity index (χ1n) is 4.81. The van der Waals surface area contributed by atoms with Gasteiger partial charge in [0.05, 0.1) is 22.3 Å². The predicted molar refractivity (Wildman–Crippen MR) is 62.2 cm³/mol. The molecule has 0 spiro atoms. The highest BCUT2D eigenvalue weighted by atomic mass is 32.1. The standard InChI is InChI=1S/C9H8FNOS.C2H6/c1-5-11-7-4-8(12-2)6(10)3-9(7)13-5;1-2/h3-4H,1-2H3;1-2H3. The highest BCUT2D eigenvalue weighted by molar-refractivity contribution is 7.18. The van der Waals surface area contributed by atoms with Gasteiger partial charge in [0.15, 0.2) is 11.6 Å². The van der Waals surface area contributed by atoms with Crippen LogP contribution in [0.2, 0.25) is 0 Å². The molecule has 1 aromatic carbocycles. The molecule has 0 aliphatic rings. The van der Waals surface area contributed by atoms with E-state index in [0.29, 0.717) is 0 Å². The Labute approximate surface area is 92.7 Å². The maximum absolute atomic E-state index is 13.2. The molecule has 0 unspecified atom stereocenters. The Balaban J connectivity index is 0.000000531. The Morgan fingerprint density at radius 2 is 2.00 bits per heavy atom. The molecular weight excluding hydrogens is 213 g/mol. The van der Waals surface area contributed by atoms with E-state index < -0.39 is 0 Å². The van der Waals surface area contributed by atoms with Crippen molar-refractivity contribution in [3.63, 3.8) is 0 Å². The molecule has 0 saturated heterocycles. The summed E-state index contributed by atoms with van der Waals surface area (Å²) in [7, 11) is 1.45. The van der Waals surface area contributed by atoms with Gasteiger partial charge in [-0.3, -0.25) is 0 Å². The first kappa shape index (κ1) is 11.9. The molecule has 0 bridgehead atoms. The van der Waals surface area contributed by atoms with Gasteiger partial charge in [0.25, 0.3) is 0 Å². The Hall–Kier alpha value is -1.16. The molecule has 82 valence electrons. The number of rotatable bonds is 1. The van der Waals surface area contributed by atoms with Gasteiger partial charge in [-0.05, 0) is 13.0 Å². The average Bonchev–Trinajstić information content (AvgIpc) is 2.59. The molecule has 1 aromatic heterocycles. The van der Waals surface area contributed by atoms with Crippen molar-refractivity contribution in [1.82, 2.24) is 4.98 Å². The number of benzene rings is 1. The number of hydrogen-bond acceptors (Lipinski definition) is 3. The summed E-state index contributed by atoms with van der Waals surface area (Å²) in [6.45, 7) is 5.90. The zero-order valence-electron chi connectivity index (χ0n) is 9.30. The molecule has 4 heteroatoms. The van der Waals surface area contributed by atoms with Crippen LogP contribution in [0.4, 0.5) is 4.39 Å².